The topological polar surface area (TPSA) is 102 Å². The molecule has 3 N–H and O–H groups in total. The molecule has 1 aromatic heterocycles. The van der Waals surface area contributed by atoms with Gasteiger partial charge in [0.05, 0.1) is 21.2 Å². The van der Waals surface area contributed by atoms with Gasteiger partial charge in [-0.25, -0.2) is 18.5 Å². The van der Waals surface area contributed by atoms with Crippen LogP contribution in [0.5, 0.6) is 0 Å². The fraction of sp³-hybridized carbons (Fsp3) is 0. The Balaban J connectivity index is 2.31. The van der Waals surface area contributed by atoms with Crippen LogP contribution in [0.4, 0.5) is 5.69 Å². The summed E-state index contributed by atoms with van der Waals surface area (Å²) in [4.78, 5) is 15.6. The molecule has 0 bridgehead atoms. The Kier molecular flexibility index (Phi) is 4.48. The van der Waals surface area contributed by atoms with Crippen LogP contribution >= 0.6 is 23.2 Å². The summed E-state index contributed by atoms with van der Waals surface area (Å²) in [5.74, 6) is -0.507. The Morgan fingerprint density at radius 3 is 2.48 bits per heavy atom. The Labute approximate surface area is 130 Å². The van der Waals surface area contributed by atoms with Crippen LogP contribution in [-0.2, 0) is 10.0 Å². The second-order valence-electron chi connectivity index (χ2n) is 4.01. The van der Waals surface area contributed by atoms with E-state index >= 15 is 0 Å². The number of rotatable bonds is 3. The highest BCUT2D eigenvalue weighted by molar-refractivity contribution is 7.89. The van der Waals surface area contributed by atoms with Crippen molar-refractivity contribution in [2.24, 2.45) is 5.14 Å². The van der Waals surface area contributed by atoms with Crippen molar-refractivity contribution in [3.8, 4) is 0 Å². The zero-order valence-corrected chi connectivity index (χ0v) is 12.7. The van der Waals surface area contributed by atoms with Crippen molar-refractivity contribution in [2.75, 3.05) is 5.32 Å². The number of carbonyl (C=O) groups excluding carboxylic acids is 1. The summed E-state index contributed by atoms with van der Waals surface area (Å²) >= 11 is 11.5. The van der Waals surface area contributed by atoms with Crippen LogP contribution in [0.1, 0.15) is 10.4 Å². The zero-order chi connectivity index (χ0) is 15.6. The molecule has 2 aromatic rings. The van der Waals surface area contributed by atoms with E-state index in [9.17, 15) is 13.2 Å². The zero-order valence-electron chi connectivity index (χ0n) is 10.4. The number of carbonyl (C=O) groups is 1. The number of nitrogens with two attached hydrogens (primary N) is 1. The molecule has 9 heteroatoms. The Morgan fingerprint density at radius 1 is 1.19 bits per heavy atom. The van der Waals surface area contributed by atoms with E-state index in [1.165, 1.54) is 36.5 Å². The molecule has 0 fully saturated rings. The smallest absolute Gasteiger partial charge is 0.257 e. The van der Waals surface area contributed by atoms with Gasteiger partial charge in [0, 0.05) is 6.20 Å². The van der Waals surface area contributed by atoms with Gasteiger partial charge in [0.15, 0.2) is 0 Å². The van der Waals surface area contributed by atoms with Crippen molar-refractivity contribution in [3.63, 3.8) is 0 Å². The highest BCUT2D eigenvalue weighted by atomic mass is 35.5. The van der Waals surface area contributed by atoms with Crippen LogP contribution in [-0.4, -0.2) is 19.3 Å². The van der Waals surface area contributed by atoms with E-state index in [4.69, 9.17) is 28.3 Å². The number of benzene rings is 1. The van der Waals surface area contributed by atoms with Crippen molar-refractivity contribution in [2.45, 2.75) is 4.90 Å². The number of nitrogens with one attached hydrogen (secondary N) is 1. The molecule has 0 saturated heterocycles. The number of anilines is 1. The van der Waals surface area contributed by atoms with Crippen LogP contribution in [0.15, 0.2) is 41.4 Å². The molecule has 0 unspecified atom stereocenters. The lowest BCUT2D eigenvalue weighted by atomic mass is 10.2. The quantitative estimate of drug-likeness (QED) is 0.833. The van der Waals surface area contributed by atoms with Crippen molar-refractivity contribution in [1.82, 2.24) is 4.98 Å². The molecule has 21 heavy (non-hydrogen) atoms. The van der Waals surface area contributed by atoms with Crippen molar-refractivity contribution in [3.05, 3.63) is 52.3 Å². The summed E-state index contributed by atoms with van der Waals surface area (Å²) in [5.41, 5.74) is 0.375. The minimum absolute atomic E-state index is 0.128. The maximum Gasteiger partial charge on any atom is 0.257 e. The fourth-order valence-electron chi connectivity index (χ4n) is 1.48. The highest BCUT2D eigenvalue weighted by Gasteiger charge is 2.13. The molecule has 0 saturated carbocycles. The molecule has 1 heterocycles. The largest absolute Gasteiger partial charge is 0.321 e. The molecule has 0 aliphatic heterocycles. The molecule has 0 aliphatic carbocycles. The number of amides is 1. The molecular formula is C12H9Cl2N3O3S. The third-order valence-corrected chi connectivity index (χ3v) is 3.97. The third-order valence-electron chi connectivity index (χ3n) is 2.50. The van der Waals surface area contributed by atoms with E-state index in [1.54, 1.807) is 0 Å². The summed E-state index contributed by atoms with van der Waals surface area (Å²) in [6, 6.07) is 6.69. The summed E-state index contributed by atoms with van der Waals surface area (Å²) in [5, 5.41) is 7.94. The second-order valence-corrected chi connectivity index (χ2v) is 6.37. The average molecular weight is 346 g/mol. The first-order valence-electron chi connectivity index (χ1n) is 5.52. The number of primary sulfonamides is 1. The lowest BCUT2D eigenvalue weighted by Gasteiger charge is -2.08. The van der Waals surface area contributed by atoms with Crippen molar-refractivity contribution < 1.29 is 13.2 Å². The molecule has 0 aliphatic rings. The number of pyridine rings is 1. The van der Waals surface area contributed by atoms with E-state index in [1.807, 2.05) is 0 Å². The fourth-order valence-corrected chi connectivity index (χ4v) is 2.30. The summed E-state index contributed by atoms with van der Waals surface area (Å²) in [6.45, 7) is 0. The highest BCUT2D eigenvalue weighted by Crippen LogP contribution is 2.25. The number of aromatic nitrogens is 1. The minimum atomic E-state index is -3.89. The molecule has 1 amide bonds. The maximum absolute atomic E-state index is 12.0. The first-order chi connectivity index (χ1) is 9.77. The van der Waals surface area contributed by atoms with Gasteiger partial charge in [-0.1, -0.05) is 23.2 Å². The molecule has 110 valence electrons. The van der Waals surface area contributed by atoms with E-state index in [-0.39, 0.29) is 26.3 Å². The lowest BCUT2D eigenvalue weighted by molar-refractivity contribution is 0.102. The number of sulfonamides is 1. The number of hydrogen-bond acceptors (Lipinski definition) is 4. The van der Waals surface area contributed by atoms with Crippen molar-refractivity contribution in [1.29, 1.82) is 0 Å². The van der Waals surface area contributed by atoms with Gasteiger partial charge >= 0.3 is 0 Å². The van der Waals surface area contributed by atoms with E-state index in [0.717, 1.165) is 0 Å². The van der Waals surface area contributed by atoms with Crippen LogP contribution in [0, 0.1) is 0 Å². The van der Waals surface area contributed by atoms with Crippen LogP contribution in [0.2, 0.25) is 10.2 Å². The molecule has 0 spiro atoms. The first-order valence-corrected chi connectivity index (χ1v) is 7.83. The molecule has 0 atom stereocenters. The molecule has 2 rings (SSSR count). The molecule has 1 aromatic carbocycles. The Bertz CT molecular complexity index is 792. The Hall–Kier alpha value is -1.67. The van der Waals surface area contributed by atoms with Gasteiger partial charge in [0.25, 0.3) is 5.91 Å². The van der Waals surface area contributed by atoms with Gasteiger partial charge in [-0.05, 0) is 30.3 Å². The van der Waals surface area contributed by atoms with E-state index in [0.29, 0.717) is 0 Å². The minimum Gasteiger partial charge on any atom is -0.321 e. The standard InChI is InChI=1S/C12H9Cl2N3O3S/c13-9-3-2-8(21(15,19)20)5-10(9)17-12(18)7-1-4-11(14)16-6-7/h1-6H,(H,17,18)(H2,15,19,20). The van der Waals surface area contributed by atoms with Gasteiger partial charge in [-0.3, -0.25) is 4.79 Å². The molecule has 0 radical (unpaired) electrons. The first kappa shape index (κ1) is 15.7. The van der Waals surface area contributed by atoms with Gasteiger partial charge in [0.1, 0.15) is 5.15 Å². The molecular weight excluding hydrogens is 337 g/mol. The number of halogens is 2. The summed E-state index contributed by atoms with van der Waals surface area (Å²) in [6.07, 6.45) is 1.29. The normalized spacial score (nSPS) is 11.2. The monoisotopic (exact) mass is 345 g/mol. The average Bonchev–Trinajstić information content (AvgIpc) is 2.40. The van der Waals surface area contributed by atoms with E-state index < -0.39 is 15.9 Å². The predicted molar refractivity (Wildman–Crippen MR) is 80.0 cm³/mol. The van der Waals surface area contributed by atoms with Gasteiger partial charge < -0.3 is 5.32 Å². The SMILES string of the molecule is NS(=O)(=O)c1ccc(Cl)c(NC(=O)c2ccc(Cl)nc2)c1. The van der Waals surface area contributed by atoms with Gasteiger partial charge in [-0.15, -0.1) is 0 Å². The maximum atomic E-state index is 12.0. The lowest BCUT2D eigenvalue weighted by Crippen LogP contribution is -2.15. The Morgan fingerprint density at radius 2 is 1.90 bits per heavy atom. The van der Waals surface area contributed by atoms with E-state index in [2.05, 4.69) is 10.3 Å². The second kappa shape index (κ2) is 5.98. The van der Waals surface area contributed by atoms with Crippen LogP contribution in [0.25, 0.3) is 0 Å². The summed E-state index contributed by atoms with van der Waals surface area (Å²) in [7, 11) is -3.89. The van der Waals surface area contributed by atoms with Crippen LogP contribution < -0.4 is 10.5 Å². The van der Waals surface area contributed by atoms with Crippen LogP contribution in [0.3, 0.4) is 0 Å². The summed E-state index contributed by atoms with van der Waals surface area (Å²) < 4.78 is 22.6. The van der Waals surface area contributed by atoms with Gasteiger partial charge in [-0.2, -0.15) is 0 Å². The van der Waals surface area contributed by atoms with Gasteiger partial charge in [0.2, 0.25) is 10.0 Å². The number of nitrogens with zero attached hydrogens (tertiary/aromatic N) is 1. The number of hydrogen-bond donors (Lipinski definition) is 2. The molecule has 6 nitrogen and oxygen atoms in total. The predicted octanol–water partition coefficient (Wildman–Crippen LogP) is 2.29. The third kappa shape index (κ3) is 3.92. The van der Waals surface area contributed by atoms with Crippen molar-refractivity contribution >= 4 is 44.8 Å².